The zero-order valence-electron chi connectivity index (χ0n) is 10.9. The maximum Gasteiger partial charge on any atom is 0.255 e. The first kappa shape index (κ1) is 16.2. The lowest BCUT2D eigenvalue weighted by molar-refractivity contribution is 0.0920. The molecule has 1 aromatic rings. The molecule has 5 nitrogen and oxygen atoms in total. The van der Waals surface area contributed by atoms with Gasteiger partial charge in [0.05, 0.1) is 16.1 Å². The zero-order chi connectivity index (χ0) is 15.5. The molecule has 0 saturated heterocycles. The average molecular weight is 306 g/mol. The third kappa shape index (κ3) is 3.16. The van der Waals surface area contributed by atoms with Gasteiger partial charge in [-0.15, -0.1) is 0 Å². The standard InChI is InChI=1S/C12H14ClF2N3O2/c1-3-12(2,11(16)18-20)17-10(19)6-4-9(15)7(13)5-8(6)14/h4-5,20H,3H2,1-2H3,(H2,16,18)(H,17,19). The van der Waals surface area contributed by atoms with E-state index in [4.69, 9.17) is 22.5 Å². The van der Waals surface area contributed by atoms with Crippen molar-refractivity contribution < 1.29 is 18.8 Å². The van der Waals surface area contributed by atoms with E-state index in [-0.39, 0.29) is 12.3 Å². The first-order valence-corrected chi connectivity index (χ1v) is 6.08. The fraction of sp³-hybridized carbons (Fsp3) is 0.333. The van der Waals surface area contributed by atoms with Gasteiger partial charge in [-0.25, -0.2) is 8.78 Å². The largest absolute Gasteiger partial charge is 0.409 e. The second-order valence-electron chi connectivity index (χ2n) is 4.37. The monoisotopic (exact) mass is 305 g/mol. The van der Waals surface area contributed by atoms with Crippen molar-refractivity contribution in [3.8, 4) is 0 Å². The molecule has 20 heavy (non-hydrogen) atoms. The van der Waals surface area contributed by atoms with Gasteiger partial charge >= 0.3 is 0 Å². The Hall–Kier alpha value is -1.89. The Labute approximate surface area is 119 Å². The molecule has 0 aliphatic rings. The second-order valence-corrected chi connectivity index (χ2v) is 4.78. The highest BCUT2D eigenvalue weighted by Gasteiger charge is 2.31. The Morgan fingerprint density at radius 2 is 2.10 bits per heavy atom. The van der Waals surface area contributed by atoms with Crippen molar-refractivity contribution >= 4 is 23.3 Å². The number of amides is 1. The van der Waals surface area contributed by atoms with Gasteiger partial charge in [0.25, 0.3) is 5.91 Å². The van der Waals surface area contributed by atoms with Crippen LogP contribution in [0.3, 0.4) is 0 Å². The van der Waals surface area contributed by atoms with E-state index in [2.05, 4.69) is 10.5 Å². The molecule has 0 aliphatic heterocycles. The number of amidine groups is 1. The summed E-state index contributed by atoms with van der Waals surface area (Å²) in [6, 6.07) is 1.40. The molecule has 0 aromatic heterocycles. The molecule has 0 radical (unpaired) electrons. The molecule has 4 N–H and O–H groups in total. The minimum absolute atomic E-state index is 0.247. The van der Waals surface area contributed by atoms with Gasteiger partial charge in [-0.05, 0) is 25.5 Å². The highest BCUT2D eigenvalue weighted by molar-refractivity contribution is 6.30. The van der Waals surface area contributed by atoms with E-state index in [1.54, 1.807) is 6.92 Å². The Kier molecular flexibility index (Phi) is 4.88. The van der Waals surface area contributed by atoms with Crippen LogP contribution in [0.25, 0.3) is 0 Å². The van der Waals surface area contributed by atoms with Gasteiger partial charge < -0.3 is 16.3 Å². The summed E-state index contributed by atoms with van der Waals surface area (Å²) in [5.74, 6) is -3.02. The molecular formula is C12H14ClF2N3O2. The lowest BCUT2D eigenvalue weighted by Crippen LogP contribution is -2.55. The van der Waals surface area contributed by atoms with Crippen molar-refractivity contribution in [3.05, 3.63) is 34.4 Å². The molecule has 0 saturated carbocycles. The van der Waals surface area contributed by atoms with E-state index in [1.165, 1.54) is 6.92 Å². The summed E-state index contributed by atoms with van der Waals surface area (Å²) in [5, 5.41) is 13.5. The van der Waals surface area contributed by atoms with Crippen molar-refractivity contribution in [3.63, 3.8) is 0 Å². The maximum absolute atomic E-state index is 13.6. The van der Waals surface area contributed by atoms with E-state index >= 15 is 0 Å². The molecule has 0 spiro atoms. The Morgan fingerprint density at radius 1 is 1.50 bits per heavy atom. The van der Waals surface area contributed by atoms with Gasteiger partial charge in [0, 0.05) is 0 Å². The van der Waals surface area contributed by atoms with Gasteiger partial charge in [-0.1, -0.05) is 23.7 Å². The lowest BCUT2D eigenvalue weighted by Gasteiger charge is -2.28. The topological polar surface area (TPSA) is 87.7 Å². The van der Waals surface area contributed by atoms with E-state index < -0.39 is 33.7 Å². The van der Waals surface area contributed by atoms with E-state index in [0.29, 0.717) is 12.1 Å². The van der Waals surface area contributed by atoms with Crippen molar-refractivity contribution in [1.82, 2.24) is 5.32 Å². The predicted octanol–water partition coefficient (Wildman–Crippen LogP) is 2.26. The molecule has 8 heteroatoms. The number of oxime groups is 1. The summed E-state index contributed by atoms with van der Waals surface area (Å²) in [6.45, 7) is 3.17. The molecule has 0 bridgehead atoms. The van der Waals surface area contributed by atoms with Crippen LogP contribution in [0.4, 0.5) is 8.78 Å². The van der Waals surface area contributed by atoms with Crippen molar-refractivity contribution in [2.45, 2.75) is 25.8 Å². The molecule has 0 heterocycles. The number of benzene rings is 1. The van der Waals surface area contributed by atoms with Crippen molar-refractivity contribution in [2.24, 2.45) is 10.9 Å². The number of hydrogen-bond acceptors (Lipinski definition) is 3. The third-order valence-electron chi connectivity index (χ3n) is 3.02. The molecule has 0 aliphatic carbocycles. The van der Waals surface area contributed by atoms with Crippen LogP contribution in [0.1, 0.15) is 30.6 Å². The van der Waals surface area contributed by atoms with E-state index in [1.807, 2.05) is 0 Å². The fourth-order valence-electron chi connectivity index (χ4n) is 1.46. The normalized spacial score (nSPS) is 14.8. The minimum Gasteiger partial charge on any atom is -0.409 e. The van der Waals surface area contributed by atoms with E-state index in [9.17, 15) is 13.6 Å². The third-order valence-corrected chi connectivity index (χ3v) is 3.31. The molecule has 1 aromatic carbocycles. The SMILES string of the molecule is CCC(C)(NC(=O)c1cc(F)c(Cl)cc1F)/C(N)=N/O. The van der Waals surface area contributed by atoms with Crippen LogP contribution in [-0.2, 0) is 0 Å². The molecule has 1 atom stereocenters. The molecule has 110 valence electrons. The summed E-state index contributed by atoms with van der Waals surface area (Å²) >= 11 is 5.41. The molecule has 1 amide bonds. The van der Waals surface area contributed by atoms with Crippen LogP contribution in [0.5, 0.6) is 0 Å². The predicted molar refractivity (Wildman–Crippen MR) is 70.9 cm³/mol. The zero-order valence-corrected chi connectivity index (χ0v) is 11.6. The minimum atomic E-state index is -1.19. The lowest BCUT2D eigenvalue weighted by atomic mass is 9.96. The van der Waals surface area contributed by atoms with Crippen LogP contribution >= 0.6 is 11.6 Å². The van der Waals surface area contributed by atoms with Crippen LogP contribution < -0.4 is 11.1 Å². The summed E-state index contributed by atoms with van der Waals surface area (Å²) < 4.78 is 26.9. The van der Waals surface area contributed by atoms with Crippen LogP contribution in [-0.4, -0.2) is 22.5 Å². The number of nitrogens with two attached hydrogens (primary N) is 1. The Bertz CT molecular complexity index is 566. The summed E-state index contributed by atoms with van der Waals surface area (Å²) in [7, 11) is 0. The van der Waals surface area contributed by atoms with Crippen LogP contribution in [0, 0.1) is 11.6 Å². The van der Waals surface area contributed by atoms with Gasteiger partial charge in [0.1, 0.15) is 11.6 Å². The second kappa shape index (κ2) is 6.04. The number of rotatable bonds is 4. The Balaban J connectivity index is 3.11. The quantitative estimate of drug-likeness (QED) is 0.262. The molecule has 1 rings (SSSR count). The number of hydrogen-bond donors (Lipinski definition) is 3. The van der Waals surface area contributed by atoms with Crippen molar-refractivity contribution in [1.29, 1.82) is 0 Å². The Morgan fingerprint density at radius 3 is 2.60 bits per heavy atom. The summed E-state index contributed by atoms with van der Waals surface area (Å²) in [6.07, 6.45) is 0.284. The first-order chi connectivity index (χ1) is 9.25. The number of carbonyl (C=O) groups is 1. The molecule has 1 unspecified atom stereocenters. The number of nitrogens with zero attached hydrogens (tertiary/aromatic N) is 1. The van der Waals surface area contributed by atoms with Gasteiger partial charge in [-0.2, -0.15) is 0 Å². The van der Waals surface area contributed by atoms with Crippen LogP contribution in [0.15, 0.2) is 17.3 Å². The van der Waals surface area contributed by atoms with Crippen molar-refractivity contribution in [2.75, 3.05) is 0 Å². The fourth-order valence-corrected chi connectivity index (χ4v) is 1.61. The highest BCUT2D eigenvalue weighted by Crippen LogP contribution is 2.20. The number of nitrogens with one attached hydrogen (secondary N) is 1. The van der Waals surface area contributed by atoms with Gasteiger partial charge in [0.15, 0.2) is 5.84 Å². The molecular weight excluding hydrogens is 292 g/mol. The smallest absolute Gasteiger partial charge is 0.255 e. The summed E-state index contributed by atoms with van der Waals surface area (Å²) in [5.41, 5.74) is 3.77. The maximum atomic E-state index is 13.6. The van der Waals surface area contributed by atoms with Gasteiger partial charge in [0.2, 0.25) is 0 Å². The van der Waals surface area contributed by atoms with E-state index in [0.717, 1.165) is 0 Å². The number of carbonyl (C=O) groups excluding carboxylic acids is 1. The van der Waals surface area contributed by atoms with Gasteiger partial charge in [-0.3, -0.25) is 4.79 Å². The first-order valence-electron chi connectivity index (χ1n) is 5.70. The highest BCUT2D eigenvalue weighted by atomic mass is 35.5. The number of halogens is 3. The van der Waals surface area contributed by atoms with Crippen LogP contribution in [0.2, 0.25) is 5.02 Å². The summed E-state index contributed by atoms with van der Waals surface area (Å²) in [4.78, 5) is 12.0. The molecule has 0 fully saturated rings. The average Bonchev–Trinajstić information content (AvgIpc) is 2.41.